The van der Waals surface area contributed by atoms with Crippen LogP contribution in [0.2, 0.25) is 0 Å². The molecule has 0 amide bonds. The number of piperazine rings is 1. The van der Waals surface area contributed by atoms with Crippen LogP contribution in [-0.4, -0.2) is 52.5 Å². The Morgan fingerprint density at radius 1 is 0.966 bits per heavy atom. The van der Waals surface area contributed by atoms with E-state index in [1.165, 1.54) is 23.1 Å². The summed E-state index contributed by atoms with van der Waals surface area (Å²) in [6.45, 7) is 5.02. The molecule has 2 heterocycles. The molecule has 6 heteroatoms. The van der Waals surface area contributed by atoms with E-state index in [4.69, 9.17) is 0 Å². The van der Waals surface area contributed by atoms with Crippen LogP contribution in [0, 0.1) is 11.3 Å². The Balaban J connectivity index is 1.33. The Kier molecular flexibility index (Phi) is 4.91. The van der Waals surface area contributed by atoms with Crippen molar-refractivity contribution in [2.45, 2.75) is 32.1 Å². The molecule has 1 saturated heterocycles. The number of nitrogens with zero attached hydrogens (tertiary/aromatic N) is 6. The first-order chi connectivity index (χ1) is 14.3. The molecular weight excluding hydrogens is 360 g/mol. The van der Waals surface area contributed by atoms with Crippen LogP contribution < -0.4 is 5.01 Å². The molecule has 0 radical (unpaired) electrons. The third-order valence-corrected chi connectivity index (χ3v) is 6.35. The smallest absolute Gasteiger partial charge is 0.138 e. The first-order valence-corrected chi connectivity index (χ1v) is 10.6. The van der Waals surface area contributed by atoms with Crippen molar-refractivity contribution >= 4 is 0 Å². The molecule has 0 N–H and O–H groups in total. The van der Waals surface area contributed by atoms with E-state index in [0.717, 1.165) is 75.4 Å². The van der Waals surface area contributed by atoms with Crippen LogP contribution in [0.25, 0.3) is 11.4 Å². The molecule has 2 aliphatic carbocycles. The summed E-state index contributed by atoms with van der Waals surface area (Å²) < 4.78 is 0. The summed E-state index contributed by atoms with van der Waals surface area (Å²) in [5, 5.41) is 16.7. The zero-order valence-electron chi connectivity index (χ0n) is 16.7. The summed E-state index contributed by atoms with van der Waals surface area (Å²) in [4.78, 5) is 9.07. The number of aromatic nitrogens is 3. The standard InChI is InChI=1S/C23H26N6/c24-16-21-19-8-4-5-9-20(19)23-22(21)25-17-26-29(23)28-14-12-27(13-15-28)11-10-18-6-2-1-3-7-18/h1-3,6-7,17H,4-5,8-15H2. The van der Waals surface area contributed by atoms with Gasteiger partial charge in [-0.2, -0.15) is 10.1 Å². The Morgan fingerprint density at radius 3 is 2.48 bits per heavy atom. The van der Waals surface area contributed by atoms with Crippen molar-refractivity contribution in [3.8, 4) is 17.5 Å². The lowest BCUT2D eigenvalue weighted by Gasteiger charge is -2.37. The summed E-state index contributed by atoms with van der Waals surface area (Å²) in [5.74, 6) is 0. The molecule has 0 unspecified atom stereocenters. The average molecular weight is 387 g/mol. The van der Waals surface area contributed by atoms with Gasteiger partial charge in [-0.05, 0) is 48.8 Å². The molecule has 0 saturated carbocycles. The quantitative estimate of drug-likeness (QED) is 0.690. The van der Waals surface area contributed by atoms with E-state index >= 15 is 0 Å². The highest BCUT2D eigenvalue weighted by Gasteiger charge is 2.31. The van der Waals surface area contributed by atoms with Gasteiger partial charge in [-0.1, -0.05) is 30.3 Å². The van der Waals surface area contributed by atoms with Crippen molar-refractivity contribution in [3.63, 3.8) is 0 Å². The molecule has 0 spiro atoms. The Bertz CT molecular complexity index is 994. The van der Waals surface area contributed by atoms with Gasteiger partial charge in [-0.3, -0.25) is 9.91 Å². The number of benzene rings is 1. The van der Waals surface area contributed by atoms with E-state index in [1.807, 2.05) is 4.79 Å². The molecule has 0 bridgehead atoms. The highest BCUT2D eigenvalue weighted by atomic mass is 15.7. The SMILES string of the molecule is N#Cc1c2ncnn(N3CCN(CCc4ccccc4)CC3)c-2c2c1CCCC2. The van der Waals surface area contributed by atoms with Crippen LogP contribution in [0.4, 0.5) is 0 Å². The van der Waals surface area contributed by atoms with E-state index in [1.54, 1.807) is 6.33 Å². The maximum Gasteiger partial charge on any atom is 0.138 e. The lowest BCUT2D eigenvalue weighted by atomic mass is 9.94. The third kappa shape index (κ3) is 3.36. The second-order valence-corrected chi connectivity index (χ2v) is 8.03. The zero-order chi connectivity index (χ0) is 19.6. The van der Waals surface area contributed by atoms with Gasteiger partial charge in [0.2, 0.25) is 0 Å². The molecule has 4 aliphatic rings. The van der Waals surface area contributed by atoms with Crippen LogP contribution in [0.1, 0.15) is 35.1 Å². The average Bonchev–Trinajstić information content (AvgIpc) is 3.12. The van der Waals surface area contributed by atoms with Crippen molar-refractivity contribution in [3.05, 3.63) is 58.9 Å². The normalized spacial score (nSPS) is 17.3. The molecule has 6 nitrogen and oxygen atoms in total. The van der Waals surface area contributed by atoms with Crippen LogP contribution in [-0.2, 0) is 19.3 Å². The van der Waals surface area contributed by atoms with Crippen LogP contribution >= 0.6 is 0 Å². The molecular formula is C23H26N6. The van der Waals surface area contributed by atoms with Crippen molar-refractivity contribution in [1.82, 2.24) is 19.8 Å². The second-order valence-electron chi connectivity index (χ2n) is 8.03. The van der Waals surface area contributed by atoms with E-state index in [2.05, 4.69) is 56.4 Å². The highest BCUT2D eigenvalue weighted by Crippen LogP contribution is 2.38. The summed E-state index contributed by atoms with van der Waals surface area (Å²) in [6.07, 6.45) is 7.05. The van der Waals surface area contributed by atoms with E-state index in [0.29, 0.717) is 0 Å². The number of rotatable bonds is 4. The van der Waals surface area contributed by atoms with Gasteiger partial charge in [0.05, 0.1) is 5.56 Å². The topological polar surface area (TPSA) is 61.0 Å². The van der Waals surface area contributed by atoms with Crippen molar-refractivity contribution in [1.29, 1.82) is 5.26 Å². The molecule has 29 heavy (non-hydrogen) atoms. The Morgan fingerprint density at radius 2 is 1.72 bits per heavy atom. The minimum absolute atomic E-state index is 0.771. The van der Waals surface area contributed by atoms with Gasteiger partial charge >= 0.3 is 0 Å². The van der Waals surface area contributed by atoms with Crippen LogP contribution in [0.3, 0.4) is 0 Å². The fraction of sp³-hybridized carbons (Fsp3) is 0.435. The maximum absolute atomic E-state index is 9.73. The largest absolute Gasteiger partial charge is 0.299 e. The Labute approximate surface area is 171 Å². The molecule has 1 aromatic carbocycles. The maximum atomic E-state index is 9.73. The van der Waals surface area contributed by atoms with Gasteiger partial charge in [0.1, 0.15) is 23.8 Å². The first kappa shape index (κ1) is 18.1. The molecule has 0 aromatic heterocycles. The molecule has 5 rings (SSSR count). The lowest BCUT2D eigenvalue weighted by Crippen LogP contribution is -2.52. The molecule has 148 valence electrons. The number of fused-ring (bicyclic) bond motifs is 3. The minimum atomic E-state index is 0.771. The van der Waals surface area contributed by atoms with Crippen molar-refractivity contribution in [2.75, 3.05) is 37.7 Å². The van der Waals surface area contributed by atoms with Gasteiger partial charge in [0, 0.05) is 32.7 Å². The minimum Gasteiger partial charge on any atom is -0.299 e. The van der Waals surface area contributed by atoms with E-state index in [-0.39, 0.29) is 0 Å². The van der Waals surface area contributed by atoms with Gasteiger partial charge in [-0.15, -0.1) is 5.10 Å². The predicted molar refractivity (Wildman–Crippen MR) is 113 cm³/mol. The van der Waals surface area contributed by atoms with Crippen LogP contribution in [0.5, 0.6) is 0 Å². The molecule has 1 aromatic rings. The molecule has 2 aliphatic heterocycles. The monoisotopic (exact) mass is 386 g/mol. The van der Waals surface area contributed by atoms with Gasteiger partial charge in [0.15, 0.2) is 0 Å². The highest BCUT2D eigenvalue weighted by molar-refractivity contribution is 5.76. The summed E-state index contributed by atoms with van der Waals surface area (Å²) in [6, 6.07) is 13.1. The van der Waals surface area contributed by atoms with Gasteiger partial charge < -0.3 is 0 Å². The first-order valence-electron chi connectivity index (χ1n) is 10.6. The molecule has 0 atom stereocenters. The number of hydrogen-bond donors (Lipinski definition) is 0. The summed E-state index contributed by atoms with van der Waals surface area (Å²) in [5.41, 5.74) is 6.58. The fourth-order valence-electron chi connectivity index (χ4n) is 4.80. The predicted octanol–water partition coefficient (Wildman–Crippen LogP) is 2.63. The van der Waals surface area contributed by atoms with Gasteiger partial charge in [-0.25, -0.2) is 4.98 Å². The lowest BCUT2D eigenvalue weighted by molar-refractivity contribution is 0.237. The second kappa shape index (κ2) is 7.84. The number of hydrogen-bond acceptors (Lipinski definition) is 5. The fourth-order valence-corrected chi connectivity index (χ4v) is 4.80. The Hall–Kier alpha value is -2.91. The van der Waals surface area contributed by atoms with Crippen molar-refractivity contribution < 1.29 is 0 Å². The van der Waals surface area contributed by atoms with Gasteiger partial charge in [0.25, 0.3) is 0 Å². The van der Waals surface area contributed by atoms with E-state index < -0.39 is 0 Å². The van der Waals surface area contributed by atoms with Crippen molar-refractivity contribution in [2.24, 2.45) is 0 Å². The summed E-state index contributed by atoms with van der Waals surface area (Å²) >= 11 is 0. The zero-order valence-corrected chi connectivity index (χ0v) is 16.7. The third-order valence-electron chi connectivity index (χ3n) is 6.35. The van der Waals surface area contributed by atoms with E-state index in [9.17, 15) is 5.26 Å². The molecule has 1 fully saturated rings. The van der Waals surface area contributed by atoms with Crippen LogP contribution in [0.15, 0.2) is 36.7 Å². The number of nitriles is 1. The summed E-state index contributed by atoms with van der Waals surface area (Å²) in [7, 11) is 0.